The number of nitrogens with zero attached hydrogens (tertiary/aromatic N) is 2. The Bertz CT molecular complexity index is 972. The van der Waals surface area contributed by atoms with Crippen LogP contribution in [-0.4, -0.2) is 15.9 Å². The van der Waals surface area contributed by atoms with Gasteiger partial charge in [0.05, 0.1) is 5.52 Å². The standard InChI is InChI=1S/C23H23N3O/c27-22(26-21-7-3-4-13-25-21)19-15-23(19)11-8-16(9-12-23)17-10-14-24-20-6-2-1-5-18(17)20/h1-7,10,13-14,16,19H,8-9,11-12,15H2,(H,25,26,27). The summed E-state index contributed by atoms with van der Waals surface area (Å²) in [5.41, 5.74) is 2.72. The second kappa shape index (κ2) is 6.45. The van der Waals surface area contributed by atoms with Crippen molar-refractivity contribution < 1.29 is 4.79 Å². The predicted molar refractivity (Wildman–Crippen MR) is 106 cm³/mol. The van der Waals surface area contributed by atoms with Crippen molar-refractivity contribution in [3.05, 3.63) is 66.5 Å². The maximum atomic E-state index is 12.6. The topological polar surface area (TPSA) is 54.9 Å². The van der Waals surface area contributed by atoms with E-state index in [1.807, 2.05) is 30.5 Å². The number of carbonyl (C=O) groups excluding carboxylic acids is 1. The molecule has 1 spiro atoms. The van der Waals surface area contributed by atoms with Gasteiger partial charge < -0.3 is 5.32 Å². The highest BCUT2D eigenvalue weighted by molar-refractivity contribution is 5.94. The van der Waals surface area contributed by atoms with Gasteiger partial charge in [0, 0.05) is 23.7 Å². The van der Waals surface area contributed by atoms with Crippen molar-refractivity contribution in [2.75, 3.05) is 5.32 Å². The molecular weight excluding hydrogens is 334 g/mol. The molecule has 1 N–H and O–H groups in total. The molecule has 4 heteroatoms. The number of hydrogen-bond acceptors (Lipinski definition) is 3. The Balaban J connectivity index is 1.26. The van der Waals surface area contributed by atoms with Crippen molar-refractivity contribution in [3.8, 4) is 0 Å². The van der Waals surface area contributed by atoms with Crippen molar-refractivity contribution in [1.29, 1.82) is 0 Å². The molecule has 2 heterocycles. The molecule has 1 amide bonds. The summed E-state index contributed by atoms with van der Waals surface area (Å²) in [6.45, 7) is 0. The number of carbonyl (C=O) groups is 1. The quantitative estimate of drug-likeness (QED) is 0.723. The van der Waals surface area contributed by atoms with E-state index < -0.39 is 0 Å². The zero-order valence-electron chi connectivity index (χ0n) is 15.3. The minimum atomic E-state index is 0.140. The summed E-state index contributed by atoms with van der Waals surface area (Å²) in [6.07, 6.45) is 9.24. The number of rotatable bonds is 3. The molecule has 2 fully saturated rings. The Morgan fingerprint density at radius 1 is 0.963 bits per heavy atom. The van der Waals surface area contributed by atoms with Crippen LogP contribution >= 0.6 is 0 Å². The van der Waals surface area contributed by atoms with Crippen LogP contribution in [0.4, 0.5) is 5.82 Å². The molecule has 2 saturated carbocycles. The molecule has 2 aliphatic carbocycles. The fraction of sp³-hybridized carbons (Fsp3) is 0.348. The Morgan fingerprint density at radius 3 is 2.59 bits per heavy atom. The lowest BCUT2D eigenvalue weighted by Gasteiger charge is -2.30. The highest BCUT2D eigenvalue weighted by atomic mass is 16.2. The first-order valence-electron chi connectivity index (χ1n) is 9.81. The monoisotopic (exact) mass is 357 g/mol. The number of amides is 1. The Morgan fingerprint density at radius 2 is 1.78 bits per heavy atom. The summed E-state index contributed by atoms with van der Waals surface area (Å²) in [4.78, 5) is 21.3. The zero-order chi connectivity index (χ0) is 18.3. The Hall–Kier alpha value is -2.75. The fourth-order valence-corrected chi connectivity index (χ4v) is 4.90. The van der Waals surface area contributed by atoms with Gasteiger partial charge in [-0.15, -0.1) is 0 Å². The third-order valence-electron chi connectivity index (χ3n) is 6.53. The summed E-state index contributed by atoms with van der Waals surface area (Å²) < 4.78 is 0. The summed E-state index contributed by atoms with van der Waals surface area (Å²) >= 11 is 0. The van der Waals surface area contributed by atoms with Gasteiger partial charge in [0.1, 0.15) is 5.82 Å². The average Bonchev–Trinajstić information content (AvgIpc) is 3.42. The summed E-state index contributed by atoms with van der Waals surface area (Å²) in [5, 5.41) is 4.26. The number of anilines is 1. The van der Waals surface area contributed by atoms with E-state index in [2.05, 4.69) is 39.6 Å². The van der Waals surface area contributed by atoms with Crippen molar-refractivity contribution in [2.24, 2.45) is 11.3 Å². The number of hydrogen-bond donors (Lipinski definition) is 1. The van der Waals surface area contributed by atoms with E-state index in [0.717, 1.165) is 37.6 Å². The third-order valence-corrected chi connectivity index (χ3v) is 6.53. The van der Waals surface area contributed by atoms with Crippen LogP contribution in [-0.2, 0) is 4.79 Å². The summed E-state index contributed by atoms with van der Waals surface area (Å²) in [6, 6.07) is 16.2. The predicted octanol–water partition coefficient (Wildman–Crippen LogP) is 4.93. The van der Waals surface area contributed by atoms with Gasteiger partial charge in [-0.05, 0) is 73.3 Å². The van der Waals surface area contributed by atoms with Gasteiger partial charge in [-0.1, -0.05) is 24.3 Å². The summed E-state index contributed by atoms with van der Waals surface area (Å²) in [7, 11) is 0. The van der Waals surface area contributed by atoms with E-state index in [0.29, 0.717) is 11.7 Å². The lowest BCUT2D eigenvalue weighted by molar-refractivity contribution is -0.118. The molecule has 27 heavy (non-hydrogen) atoms. The lowest BCUT2D eigenvalue weighted by atomic mass is 9.75. The van der Waals surface area contributed by atoms with Crippen molar-refractivity contribution in [3.63, 3.8) is 0 Å². The maximum Gasteiger partial charge on any atom is 0.229 e. The van der Waals surface area contributed by atoms with E-state index in [1.165, 1.54) is 10.9 Å². The van der Waals surface area contributed by atoms with Gasteiger partial charge in [0.2, 0.25) is 5.91 Å². The van der Waals surface area contributed by atoms with E-state index in [-0.39, 0.29) is 17.2 Å². The van der Waals surface area contributed by atoms with Crippen LogP contribution in [0.25, 0.3) is 10.9 Å². The number of pyridine rings is 2. The van der Waals surface area contributed by atoms with Gasteiger partial charge in [0.15, 0.2) is 0 Å². The minimum Gasteiger partial charge on any atom is -0.310 e. The largest absolute Gasteiger partial charge is 0.310 e. The number of fused-ring (bicyclic) bond motifs is 1. The number of nitrogens with one attached hydrogen (secondary N) is 1. The van der Waals surface area contributed by atoms with Crippen LogP contribution < -0.4 is 5.32 Å². The van der Waals surface area contributed by atoms with Crippen LogP contribution in [0.3, 0.4) is 0 Å². The van der Waals surface area contributed by atoms with Crippen molar-refractivity contribution in [2.45, 2.75) is 38.0 Å². The molecule has 4 nitrogen and oxygen atoms in total. The smallest absolute Gasteiger partial charge is 0.229 e. The molecule has 136 valence electrons. The summed E-state index contributed by atoms with van der Waals surface area (Å²) in [5.74, 6) is 1.52. The first-order chi connectivity index (χ1) is 13.3. The molecule has 2 aliphatic rings. The van der Waals surface area contributed by atoms with Crippen LogP contribution in [0.5, 0.6) is 0 Å². The minimum absolute atomic E-state index is 0.140. The average molecular weight is 357 g/mol. The molecular formula is C23H23N3O. The van der Waals surface area contributed by atoms with Crippen molar-refractivity contribution in [1.82, 2.24) is 9.97 Å². The SMILES string of the molecule is O=C(Nc1ccccn1)C1CC12CCC(c1ccnc3ccccc13)CC2. The molecule has 3 aromatic rings. The van der Waals surface area contributed by atoms with Gasteiger partial charge >= 0.3 is 0 Å². The molecule has 1 atom stereocenters. The molecule has 0 bridgehead atoms. The normalized spacial score (nSPS) is 26.8. The first-order valence-corrected chi connectivity index (χ1v) is 9.81. The molecule has 1 unspecified atom stereocenters. The van der Waals surface area contributed by atoms with E-state index >= 15 is 0 Å². The zero-order valence-corrected chi connectivity index (χ0v) is 15.3. The van der Waals surface area contributed by atoms with E-state index in [9.17, 15) is 4.79 Å². The van der Waals surface area contributed by atoms with Crippen LogP contribution in [0.2, 0.25) is 0 Å². The second-order valence-electron chi connectivity index (χ2n) is 8.01. The number of aromatic nitrogens is 2. The molecule has 2 aromatic heterocycles. The first kappa shape index (κ1) is 16.4. The molecule has 0 radical (unpaired) electrons. The Labute approximate surface area is 159 Å². The van der Waals surface area contributed by atoms with Gasteiger partial charge in [-0.3, -0.25) is 9.78 Å². The highest BCUT2D eigenvalue weighted by Gasteiger charge is 2.58. The molecule has 5 rings (SSSR count). The number of benzene rings is 1. The number of para-hydroxylation sites is 1. The van der Waals surface area contributed by atoms with Gasteiger partial charge in [-0.25, -0.2) is 4.98 Å². The highest BCUT2D eigenvalue weighted by Crippen LogP contribution is 2.63. The van der Waals surface area contributed by atoms with Gasteiger partial charge in [-0.2, -0.15) is 0 Å². The third kappa shape index (κ3) is 2.99. The molecule has 0 saturated heterocycles. The van der Waals surface area contributed by atoms with Crippen LogP contribution in [0.15, 0.2) is 60.9 Å². The van der Waals surface area contributed by atoms with E-state index in [4.69, 9.17) is 0 Å². The fourth-order valence-electron chi connectivity index (χ4n) is 4.90. The van der Waals surface area contributed by atoms with Crippen molar-refractivity contribution >= 4 is 22.6 Å². The maximum absolute atomic E-state index is 12.6. The van der Waals surface area contributed by atoms with E-state index in [1.54, 1.807) is 6.20 Å². The lowest BCUT2D eigenvalue weighted by Crippen LogP contribution is -2.23. The van der Waals surface area contributed by atoms with Gasteiger partial charge in [0.25, 0.3) is 0 Å². The molecule has 0 aliphatic heterocycles. The Kier molecular flexibility index (Phi) is 3.92. The van der Waals surface area contributed by atoms with Crippen LogP contribution in [0, 0.1) is 11.3 Å². The van der Waals surface area contributed by atoms with Crippen LogP contribution in [0.1, 0.15) is 43.6 Å². The molecule has 1 aromatic carbocycles. The second-order valence-corrected chi connectivity index (χ2v) is 8.01.